The van der Waals surface area contributed by atoms with Crippen molar-refractivity contribution >= 4 is 12.0 Å². The van der Waals surface area contributed by atoms with Crippen molar-refractivity contribution < 1.29 is 9.53 Å². The number of hydrogen-bond donors (Lipinski definition) is 1. The van der Waals surface area contributed by atoms with Crippen LogP contribution in [0.3, 0.4) is 0 Å². The van der Waals surface area contributed by atoms with Crippen LogP contribution in [0.1, 0.15) is 11.1 Å². The van der Waals surface area contributed by atoms with E-state index in [9.17, 15) is 4.79 Å². The summed E-state index contributed by atoms with van der Waals surface area (Å²) in [4.78, 5) is 10.2. The van der Waals surface area contributed by atoms with Crippen LogP contribution >= 0.6 is 0 Å². The van der Waals surface area contributed by atoms with Gasteiger partial charge < -0.3 is 14.8 Å². The molecule has 0 spiro atoms. The summed E-state index contributed by atoms with van der Waals surface area (Å²) in [6.45, 7) is 4.30. The summed E-state index contributed by atoms with van der Waals surface area (Å²) in [5, 5.41) is 3.00. The quantitative estimate of drug-likeness (QED) is 0.742. The van der Waals surface area contributed by atoms with Crippen LogP contribution in [0, 0.1) is 13.8 Å². The SMILES string of the molecule is COc1c(C)cc(C)cc1NCC=O. The highest BCUT2D eigenvalue weighted by molar-refractivity contribution is 5.66. The van der Waals surface area contributed by atoms with E-state index in [4.69, 9.17) is 4.74 Å². The van der Waals surface area contributed by atoms with E-state index in [1.807, 2.05) is 26.0 Å². The molecule has 0 aliphatic carbocycles. The van der Waals surface area contributed by atoms with E-state index in [0.29, 0.717) is 6.54 Å². The second kappa shape index (κ2) is 4.65. The van der Waals surface area contributed by atoms with Crippen molar-refractivity contribution in [3.8, 4) is 5.75 Å². The summed E-state index contributed by atoms with van der Waals surface area (Å²) in [6, 6.07) is 4.01. The fraction of sp³-hybridized carbons (Fsp3) is 0.364. The van der Waals surface area contributed by atoms with Crippen LogP contribution in [0.25, 0.3) is 0 Å². The van der Waals surface area contributed by atoms with Crippen molar-refractivity contribution in [2.45, 2.75) is 13.8 Å². The number of benzene rings is 1. The van der Waals surface area contributed by atoms with E-state index < -0.39 is 0 Å². The molecule has 0 aromatic heterocycles. The summed E-state index contributed by atoms with van der Waals surface area (Å²) in [7, 11) is 1.63. The van der Waals surface area contributed by atoms with Crippen molar-refractivity contribution in [2.75, 3.05) is 19.0 Å². The number of ether oxygens (including phenoxy) is 1. The first-order valence-electron chi connectivity index (χ1n) is 4.51. The molecule has 76 valence electrons. The van der Waals surface area contributed by atoms with Crippen molar-refractivity contribution in [1.29, 1.82) is 0 Å². The standard InChI is InChI=1S/C11H15NO2/c1-8-6-9(2)11(14-3)10(7-8)12-4-5-13/h5-7,12H,4H2,1-3H3. The number of carbonyl (C=O) groups excluding carboxylic acids is 1. The Kier molecular flexibility index (Phi) is 3.51. The minimum Gasteiger partial charge on any atom is -0.494 e. The molecule has 0 saturated carbocycles. The zero-order valence-corrected chi connectivity index (χ0v) is 8.76. The zero-order chi connectivity index (χ0) is 10.6. The normalized spacial score (nSPS) is 9.64. The van der Waals surface area contributed by atoms with E-state index in [1.165, 1.54) is 0 Å². The minimum absolute atomic E-state index is 0.305. The van der Waals surface area contributed by atoms with Crippen LogP contribution in [0.2, 0.25) is 0 Å². The van der Waals surface area contributed by atoms with Crippen LogP contribution in [0.4, 0.5) is 5.69 Å². The predicted molar refractivity (Wildman–Crippen MR) is 57.0 cm³/mol. The van der Waals surface area contributed by atoms with Crippen LogP contribution < -0.4 is 10.1 Å². The lowest BCUT2D eigenvalue weighted by Crippen LogP contribution is -2.05. The molecule has 1 aromatic rings. The molecule has 0 aliphatic rings. The van der Waals surface area contributed by atoms with Crippen LogP contribution in [-0.4, -0.2) is 19.9 Å². The number of methoxy groups -OCH3 is 1. The average molecular weight is 193 g/mol. The highest BCUT2D eigenvalue weighted by Gasteiger charge is 2.06. The van der Waals surface area contributed by atoms with Gasteiger partial charge >= 0.3 is 0 Å². The molecule has 1 N–H and O–H groups in total. The summed E-state index contributed by atoms with van der Waals surface area (Å²) < 4.78 is 5.25. The molecule has 0 fully saturated rings. The third kappa shape index (κ3) is 2.25. The van der Waals surface area contributed by atoms with Crippen LogP contribution in [0.5, 0.6) is 5.75 Å². The Morgan fingerprint density at radius 2 is 2.14 bits per heavy atom. The van der Waals surface area contributed by atoms with Gasteiger partial charge in [-0.15, -0.1) is 0 Å². The Hall–Kier alpha value is -1.51. The Labute approximate surface area is 84.1 Å². The lowest BCUT2D eigenvalue weighted by molar-refractivity contribution is -0.106. The number of nitrogens with one attached hydrogen (secondary N) is 1. The zero-order valence-electron chi connectivity index (χ0n) is 8.76. The van der Waals surface area contributed by atoms with Gasteiger partial charge in [-0.2, -0.15) is 0 Å². The molecule has 3 nitrogen and oxygen atoms in total. The average Bonchev–Trinajstić information content (AvgIpc) is 2.14. The number of carbonyl (C=O) groups is 1. The summed E-state index contributed by atoms with van der Waals surface area (Å²) in [5.41, 5.74) is 3.09. The molecular weight excluding hydrogens is 178 g/mol. The van der Waals surface area contributed by atoms with E-state index >= 15 is 0 Å². The molecule has 0 unspecified atom stereocenters. The molecular formula is C11H15NO2. The maximum Gasteiger partial charge on any atom is 0.144 e. The van der Waals surface area contributed by atoms with Gasteiger partial charge in [-0.05, 0) is 31.0 Å². The Morgan fingerprint density at radius 3 is 2.71 bits per heavy atom. The molecule has 1 rings (SSSR count). The third-order valence-electron chi connectivity index (χ3n) is 2.00. The molecule has 0 radical (unpaired) electrons. The second-order valence-electron chi connectivity index (χ2n) is 3.21. The molecule has 1 aromatic carbocycles. The van der Waals surface area contributed by atoms with Crippen LogP contribution in [0.15, 0.2) is 12.1 Å². The molecule has 0 bridgehead atoms. The van der Waals surface area contributed by atoms with Crippen LogP contribution in [-0.2, 0) is 4.79 Å². The minimum atomic E-state index is 0.305. The van der Waals surface area contributed by atoms with Gasteiger partial charge in [0.2, 0.25) is 0 Å². The summed E-state index contributed by atoms with van der Waals surface area (Å²) in [5.74, 6) is 0.803. The topological polar surface area (TPSA) is 38.3 Å². The smallest absolute Gasteiger partial charge is 0.144 e. The van der Waals surface area contributed by atoms with Gasteiger partial charge in [0.1, 0.15) is 12.0 Å². The van der Waals surface area contributed by atoms with Gasteiger partial charge in [0.05, 0.1) is 19.3 Å². The fourth-order valence-electron chi connectivity index (χ4n) is 1.51. The first-order chi connectivity index (χ1) is 6.69. The largest absolute Gasteiger partial charge is 0.494 e. The summed E-state index contributed by atoms with van der Waals surface area (Å²) in [6.07, 6.45) is 0.830. The third-order valence-corrected chi connectivity index (χ3v) is 2.00. The lowest BCUT2D eigenvalue weighted by atomic mass is 10.1. The number of rotatable bonds is 4. The molecule has 0 saturated heterocycles. The van der Waals surface area contributed by atoms with Crippen molar-refractivity contribution in [2.24, 2.45) is 0 Å². The van der Waals surface area contributed by atoms with Gasteiger partial charge in [-0.3, -0.25) is 0 Å². The number of aryl methyl sites for hydroxylation is 2. The van der Waals surface area contributed by atoms with E-state index in [-0.39, 0.29) is 0 Å². The molecule has 3 heteroatoms. The molecule has 0 atom stereocenters. The second-order valence-corrected chi connectivity index (χ2v) is 3.21. The molecule has 0 heterocycles. The highest BCUT2D eigenvalue weighted by atomic mass is 16.5. The van der Waals surface area contributed by atoms with E-state index in [0.717, 1.165) is 28.8 Å². The lowest BCUT2D eigenvalue weighted by Gasteiger charge is -2.12. The van der Waals surface area contributed by atoms with Gasteiger partial charge in [0.25, 0.3) is 0 Å². The summed E-state index contributed by atoms with van der Waals surface area (Å²) >= 11 is 0. The first-order valence-corrected chi connectivity index (χ1v) is 4.51. The monoisotopic (exact) mass is 193 g/mol. The number of anilines is 1. The maximum absolute atomic E-state index is 10.2. The van der Waals surface area contributed by atoms with E-state index in [1.54, 1.807) is 7.11 Å². The van der Waals surface area contributed by atoms with Crippen molar-refractivity contribution in [1.82, 2.24) is 0 Å². The van der Waals surface area contributed by atoms with Gasteiger partial charge in [-0.25, -0.2) is 0 Å². The Morgan fingerprint density at radius 1 is 1.43 bits per heavy atom. The van der Waals surface area contributed by atoms with Crippen molar-refractivity contribution in [3.63, 3.8) is 0 Å². The number of aldehydes is 1. The number of hydrogen-bond acceptors (Lipinski definition) is 3. The molecule has 0 amide bonds. The van der Waals surface area contributed by atoms with E-state index in [2.05, 4.69) is 5.32 Å². The Balaban J connectivity index is 3.04. The fourth-order valence-corrected chi connectivity index (χ4v) is 1.51. The molecule has 14 heavy (non-hydrogen) atoms. The molecule has 0 aliphatic heterocycles. The van der Waals surface area contributed by atoms with Gasteiger partial charge in [0.15, 0.2) is 0 Å². The van der Waals surface area contributed by atoms with Gasteiger partial charge in [-0.1, -0.05) is 6.07 Å². The first kappa shape index (κ1) is 10.6. The maximum atomic E-state index is 10.2. The Bertz CT molecular complexity index is 334. The predicted octanol–water partition coefficient (Wildman–Crippen LogP) is 1.92. The van der Waals surface area contributed by atoms with Crippen molar-refractivity contribution in [3.05, 3.63) is 23.3 Å². The highest BCUT2D eigenvalue weighted by Crippen LogP contribution is 2.29. The van der Waals surface area contributed by atoms with Gasteiger partial charge in [0, 0.05) is 0 Å².